The van der Waals surface area contributed by atoms with E-state index in [9.17, 15) is 0 Å². The molecule has 1 rings (SSSR count). The molecule has 0 aromatic heterocycles. The van der Waals surface area contributed by atoms with Crippen molar-refractivity contribution >= 4 is 11.6 Å². The summed E-state index contributed by atoms with van der Waals surface area (Å²) in [4.78, 5) is 0. The first-order valence-electron chi connectivity index (χ1n) is 6.44. The standard InChI is InChI=1S/C14H22ClNO2/c1-4-6-17-13-9-12(15)14(18-7-5-2)8-11(13)10(3)16/h8-10H,4-7,16H2,1-3H3. The van der Waals surface area contributed by atoms with Gasteiger partial charge in [-0.2, -0.15) is 0 Å². The fraction of sp³-hybridized carbons (Fsp3) is 0.571. The van der Waals surface area contributed by atoms with E-state index in [1.807, 2.05) is 13.0 Å². The molecular weight excluding hydrogens is 250 g/mol. The van der Waals surface area contributed by atoms with Gasteiger partial charge in [-0.25, -0.2) is 0 Å². The minimum absolute atomic E-state index is 0.113. The van der Waals surface area contributed by atoms with Crippen molar-refractivity contribution in [3.8, 4) is 11.5 Å². The predicted molar refractivity (Wildman–Crippen MR) is 75.6 cm³/mol. The van der Waals surface area contributed by atoms with E-state index in [4.69, 9.17) is 26.8 Å². The second-order valence-corrected chi connectivity index (χ2v) is 4.71. The second kappa shape index (κ2) is 7.49. The van der Waals surface area contributed by atoms with Crippen molar-refractivity contribution < 1.29 is 9.47 Å². The van der Waals surface area contributed by atoms with Crippen LogP contribution in [0.5, 0.6) is 11.5 Å². The Morgan fingerprint density at radius 1 is 1.11 bits per heavy atom. The van der Waals surface area contributed by atoms with Crippen LogP contribution in [-0.4, -0.2) is 13.2 Å². The van der Waals surface area contributed by atoms with E-state index in [1.165, 1.54) is 0 Å². The zero-order valence-corrected chi connectivity index (χ0v) is 12.1. The highest BCUT2D eigenvalue weighted by Crippen LogP contribution is 2.35. The van der Waals surface area contributed by atoms with E-state index in [1.54, 1.807) is 6.07 Å². The van der Waals surface area contributed by atoms with Crippen LogP contribution < -0.4 is 15.2 Å². The molecule has 0 aliphatic heterocycles. The van der Waals surface area contributed by atoms with Crippen LogP contribution in [0, 0.1) is 0 Å². The number of nitrogens with two attached hydrogens (primary N) is 1. The van der Waals surface area contributed by atoms with Gasteiger partial charge in [0.15, 0.2) is 0 Å². The minimum atomic E-state index is -0.113. The lowest BCUT2D eigenvalue weighted by Gasteiger charge is -2.17. The molecule has 0 saturated heterocycles. The van der Waals surface area contributed by atoms with Gasteiger partial charge < -0.3 is 15.2 Å². The maximum Gasteiger partial charge on any atom is 0.138 e. The van der Waals surface area contributed by atoms with Crippen LogP contribution >= 0.6 is 11.6 Å². The number of ether oxygens (including phenoxy) is 2. The van der Waals surface area contributed by atoms with Gasteiger partial charge in [-0.3, -0.25) is 0 Å². The molecule has 0 aliphatic carbocycles. The predicted octanol–water partition coefficient (Wildman–Crippen LogP) is 3.94. The monoisotopic (exact) mass is 271 g/mol. The van der Waals surface area contributed by atoms with Crippen molar-refractivity contribution in [1.29, 1.82) is 0 Å². The normalized spacial score (nSPS) is 12.3. The maximum atomic E-state index is 6.17. The van der Waals surface area contributed by atoms with Gasteiger partial charge in [-0.1, -0.05) is 25.4 Å². The quantitative estimate of drug-likeness (QED) is 0.817. The molecule has 102 valence electrons. The maximum absolute atomic E-state index is 6.17. The first-order valence-corrected chi connectivity index (χ1v) is 6.82. The Labute approximate surface area is 114 Å². The topological polar surface area (TPSA) is 44.5 Å². The molecule has 4 heteroatoms. The van der Waals surface area contributed by atoms with Gasteiger partial charge in [0.2, 0.25) is 0 Å². The van der Waals surface area contributed by atoms with Gasteiger partial charge in [-0.15, -0.1) is 0 Å². The number of benzene rings is 1. The summed E-state index contributed by atoms with van der Waals surface area (Å²) >= 11 is 6.17. The van der Waals surface area contributed by atoms with E-state index in [2.05, 4.69) is 13.8 Å². The summed E-state index contributed by atoms with van der Waals surface area (Å²) in [5.41, 5.74) is 6.88. The molecule has 0 amide bonds. The molecule has 0 bridgehead atoms. The molecule has 1 atom stereocenters. The zero-order valence-electron chi connectivity index (χ0n) is 11.3. The molecule has 0 heterocycles. The number of hydrogen-bond donors (Lipinski definition) is 1. The average Bonchev–Trinajstić information content (AvgIpc) is 2.34. The van der Waals surface area contributed by atoms with Gasteiger partial charge in [0.1, 0.15) is 11.5 Å². The highest BCUT2D eigenvalue weighted by Gasteiger charge is 2.13. The van der Waals surface area contributed by atoms with Crippen LogP contribution in [0.2, 0.25) is 5.02 Å². The molecule has 2 N–H and O–H groups in total. The molecule has 1 unspecified atom stereocenters. The van der Waals surface area contributed by atoms with Gasteiger partial charge in [0, 0.05) is 17.7 Å². The lowest BCUT2D eigenvalue weighted by molar-refractivity contribution is 0.304. The van der Waals surface area contributed by atoms with Crippen LogP contribution in [0.3, 0.4) is 0 Å². The van der Waals surface area contributed by atoms with Crippen molar-refractivity contribution in [2.45, 2.75) is 39.7 Å². The fourth-order valence-electron chi connectivity index (χ4n) is 1.57. The zero-order chi connectivity index (χ0) is 13.5. The Bertz CT molecular complexity index is 380. The summed E-state index contributed by atoms with van der Waals surface area (Å²) in [6, 6.07) is 3.56. The van der Waals surface area contributed by atoms with E-state index in [0.29, 0.717) is 24.0 Å². The van der Waals surface area contributed by atoms with E-state index in [0.717, 1.165) is 24.2 Å². The van der Waals surface area contributed by atoms with Crippen LogP contribution in [0.1, 0.15) is 45.2 Å². The summed E-state index contributed by atoms with van der Waals surface area (Å²) < 4.78 is 11.3. The third kappa shape index (κ3) is 4.07. The fourth-order valence-corrected chi connectivity index (χ4v) is 1.77. The molecule has 1 aromatic carbocycles. The van der Waals surface area contributed by atoms with E-state index >= 15 is 0 Å². The van der Waals surface area contributed by atoms with Crippen LogP contribution in [0.15, 0.2) is 12.1 Å². The molecule has 0 radical (unpaired) electrons. The van der Waals surface area contributed by atoms with Gasteiger partial charge >= 0.3 is 0 Å². The van der Waals surface area contributed by atoms with Crippen molar-refractivity contribution in [2.24, 2.45) is 5.73 Å². The molecule has 0 saturated carbocycles. The van der Waals surface area contributed by atoms with Crippen molar-refractivity contribution in [3.63, 3.8) is 0 Å². The SMILES string of the molecule is CCCOc1cc(C(C)N)c(OCCC)cc1Cl. The third-order valence-corrected chi connectivity index (χ3v) is 2.77. The molecule has 0 spiro atoms. The van der Waals surface area contributed by atoms with Crippen molar-refractivity contribution in [3.05, 3.63) is 22.7 Å². The van der Waals surface area contributed by atoms with Crippen molar-refractivity contribution in [1.82, 2.24) is 0 Å². The Hall–Kier alpha value is -0.930. The van der Waals surface area contributed by atoms with E-state index in [-0.39, 0.29) is 6.04 Å². The molecule has 3 nitrogen and oxygen atoms in total. The van der Waals surface area contributed by atoms with Gasteiger partial charge in [-0.05, 0) is 25.8 Å². The molecule has 1 aromatic rings. The Morgan fingerprint density at radius 2 is 1.67 bits per heavy atom. The summed E-state index contributed by atoms with van der Waals surface area (Å²) in [7, 11) is 0. The Kier molecular flexibility index (Phi) is 6.30. The highest BCUT2D eigenvalue weighted by molar-refractivity contribution is 6.32. The molecule has 18 heavy (non-hydrogen) atoms. The van der Waals surface area contributed by atoms with Crippen LogP contribution in [-0.2, 0) is 0 Å². The molecule has 0 aliphatic rings. The van der Waals surface area contributed by atoms with Crippen molar-refractivity contribution in [2.75, 3.05) is 13.2 Å². The highest BCUT2D eigenvalue weighted by atomic mass is 35.5. The smallest absolute Gasteiger partial charge is 0.138 e. The first kappa shape index (κ1) is 15.1. The largest absolute Gasteiger partial charge is 0.493 e. The third-order valence-electron chi connectivity index (χ3n) is 2.48. The summed E-state index contributed by atoms with van der Waals surface area (Å²) in [5, 5.41) is 0.568. The first-order chi connectivity index (χ1) is 8.60. The minimum Gasteiger partial charge on any atom is -0.493 e. The van der Waals surface area contributed by atoms with Crippen LogP contribution in [0.25, 0.3) is 0 Å². The van der Waals surface area contributed by atoms with Gasteiger partial charge in [0.05, 0.1) is 18.2 Å². The number of halogens is 1. The molecular formula is C14H22ClNO2. The van der Waals surface area contributed by atoms with E-state index < -0.39 is 0 Å². The Balaban J connectivity index is 3.00. The lowest BCUT2D eigenvalue weighted by Crippen LogP contribution is -2.09. The summed E-state index contributed by atoms with van der Waals surface area (Å²) in [6.45, 7) is 7.34. The summed E-state index contributed by atoms with van der Waals surface area (Å²) in [5.74, 6) is 1.43. The average molecular weight is 272 g/mol. The summed E-state index contributed by atoms with van der Waals surface area (Å²) in [6.07, 6.45) is 1.89. The van der Waals surface area contributed by atoms with Gasteiger partial charge in [0.25, 0.3) is 0 Å². The second-order valence-electron chi connectivity index (χ2n) is 4.31. The lowest BCUT2D eigenvalue weighted by atomic mass is 10.1. The van der Waals surface area contributed by atoms with Crippen LogP contribution in [0.4, 0.5) is 0 Å². The number of rotatable bonds is 7. The molecule has 0 fully saturated rings. The number of hydrogen-bond acceptors (Lipinski definition) is 3. The Morgan fingerprint density at radius 3 is 2.17 bits per heavy atom.